The zero-order valence-electron chi connectivity index (χ0n) is 10.6. The summed E-state index contributed by atoms with van der Waals surface area (Å²) in [6.07, 6.45) is 5.63. The summed E-state index contributed by atoms with van der Waals surface area (Å²) in [6, 6.07) is 2.47. The van der Waals surface area contributed by atoms with E-state index in [1.165, 1.54) is 45.3 Å². The van der Waals surface area contributed by atoms with Crippen LogP contribution in [0.4, 0.5) is 0 Å². The lowest BCUT2D eigenvalue weighted by atomic mass is 10.0. The summed E-state index contributed by atoms with van der Waals surface area (Å²) in [4.78, 5) is 5.38. The molecule has 2 aliphatic heterocycles. The molecule has 0 amide bonds. The van der Waals surface area contributed by atoms with Gasteiger partial charge >= 0.3 is 0 Å². The molecule has 0 aromatic carbocycles. The first kappa shape index (κ1) is 11.4. The van der Waals surface area contributed by atoms with Crippen molar-refractivity contribution in [3.05, 3.63) is 0 Å². The summed E-state index contributed by atoms with van der Waals surface area (Å²) in [5.74, 6) is 0. The highest BCUT2D eigenvalue weighted by atomic mass is 15.2. The molecule has 0 N–H and O–H groups in total. The van der Waals surface area contributed by atoms with Gasteiger partial charge < -0.3 is 4.90 Å². The molecule has 2 nitrogen and oxygen atoms in total. The van der Waals surface area contributed by atoms with E-state index in [-0.39, 0.29) is 0 Å². The first-order valence-corrected chi connectivity index (χ1v) is 6.68. The third-order valence-electron chi connectivity index (χ3n) is 4.30. The maximum absolute atomic E-state index is 2.76. The Morgan fingerprint density at radius 3 is 2.13 bits per heavy atom. The van der Waals surface area contributed by atoms with E-state index >= 15 is 0 Å². The molecule has 0 radical (unpaired) electrons. The quantitative estimate of drug-likeness (QED) is 0.690. The van der Waals surface area contributed by atoms with Crippen LogP contribution in [0.2, 0.25) is 0 Å². The Morgan fingerprint density at radius 2 is 1.67 bits per heavy atom. The summed E-state index contributed by atoms with van der Waals surface area (Å²) >= 11 is 0. The molecule has 1 atom stereocenters. The van der Waals surface area contributed by atoms with Crippen molar-refractivity contribution in [1.82, 2.24) is 9.80 Å². The molecule has 0 aromatic rings. The molecule has 2 heterocycles. The predicted molar refractivity (Wildman–Crippen MR) is 65.1 cm³/mol. The number of hydrogen-bond acceptors (Lipinski definition) is 2. The van der Waals surface area contributed by atoms with Gasteiger partial charge in [0.05, 0.1) is 0 Å². The van der Waals surface area contributed by atoms with Gasteiger partial charge in [-0.2, -0.15) is 0 Å². The molecule has 0 aliphatic carbocycles. The van der Waals surface area contributed by atoms with Crippen molar-refractivity contribution in [2.24, 2.45) is 0 Å². The number of piperidine rings is 1. The molecular weight excluding hydrogens is 184 g/mol. The van der Waals surface area contributed by atoms with Crippen molar-refractivity contribution >= 4 is 0 Å². The van der Waals surface area contributed by atoms with Crippen LogP contribution >= 0.6 is 0 Å². The topological polar surface area (TPSA) is 6.48 Å². The molecule has 2 aliphatic rings. The van der Waals surface area contributed by atoms with Crippen molar-refractivity contribution in [1.29, 1.82) is 0 Å². The fraction of sp³-hybridized carbons (Fsp3) is 1.00. The van der Waals surface area contributed by atoms with Crippen LogP contribution in [0.1, 0.15) is 46.5 Å². The van der Waals surface area contributed by atoms with Crippen LogP contribution in [0.25, 0.3) is 0 Å². The van der Waals surface area contributed by atoms with E-state index in [1.54, 1.807) is 0 Å². The fourth-order valence-electron chi connectivity index (χ4n) is 3.23. The van der Waals surface area contributed by atoms with Crippen LogP contribution in [-0.4, -0.2) is 47.6 Å². The first-order valence-electron chi connectivity index (χ1n) is 6.68. The van der Waals surface area contributed by atoms with E-state index in [9.17, 15) is 0 Å². The third-order valence-corrected chi connectivity index (χ3v) is 4.30. The van der Waals surface area contributed by atoms with E-state index in [0.29, 0.717) is 0 Å². The summed E-state index contributed by atoms with van der Waals surface area (Å²) in [5.41, 5.74) is 0. The highest BCUT2D eigenvalue weighted by Crippen LogP contribution is 2.25. The van der Waals surface area contributed by atoms with Crippen molar-refractivity contribution in [2.45, 2.75) is 64.6 Å². The second-order valence-electron chi connectivity index (χ2n) is 5.59. The van der Waals surface area contributed by atoms with E-state index in [4.69, 9.17) is 0 Å². The molecule has 2 fully saturated rings. The molecule has 2 saturated heterocycles. The van der Waals surface area contributed by atoms with Gasteiger partial charge in [0, 0.05) is 18.1 Å². The SMILES string of the molecule is CC(C)N1CCC(N2CCC[C@@H]2C)CC1. The Bertz CT molecular complexity index is 195. The number of likely N-dealkylation sites (tertiary alicyclic amines) is 2. The molecule has 2 rings (SSSR count). The summed E-state index contributed by atoms with van der Waals surface area (Å²) in [7, 11) is 0. The molecule has 15 heavy (non-hydrogen) atoms. The smallest absolute Gasteiger partial charge is 0.0122 e. The van der Waals surface area contributed by atoms with Crippen LogP contribution in [0.5, 0.6) is 0 Å². The van der Waals surface area contributed by atoms with Gasteiger partial charge in [-0.15, -0.1) is 0 Å². The Hall–Kier alpha value is -0.0800. The molecule has 0 unspecified atom stereocenters. The van der Waals surface area contributed by atoms with E-state index in [0.717, 1.165) is 18.1 Å². The minimum Gasteiger partial charge on any atom is -0.301 e. The van der Waals surface area contributed by atoms with Gasteiger partial charge in [0.1, 0.15) is 0 Å². The van der Waals surface area contributed by atoms with Gasteiger partial charge in [-0.3, -0.25) is 4.90 Å². The first-order chi connectivity index (χ1) is 7.18. The maximum Gasteiger partial charge on any atom is 0.0122 e. The Kier molecular flexibility index (Phi) is 3.68. The van der Waals surface area contributed by atoms with Gasteiger partial charge in [-0.25, -0.2) is 0 Å². The minimum absolute atomic E-state index is 0.738. The zero-order chi connectivity index (χ0) is 10.8. The van der Waals surface area contributed by atoms with Crippen molar-refractivity contribution < 1.29 is 0 Å². The molecular formula is C13H26N2. The molecule has 0 aromatic heterocycles. The highest BCUT2D eigenvalue weighted by Gasteiger charge is 2.30. The predicted octanol–water partition coefficient (Wildman–Crippen LogP) is 2.34. The fourth-order valence-corrected chi connectivity index (χ4v) is 3.23. The lowest BCUT2D eigenvalue weighted by Gasteiger charge is -2.40. The van der Waals surface area contributed by atoms with Gasteiger partial charge in [-0.1, -0.05) is 0 Å². The maximum atomic E-state index is 2.76. The summed E-state index contributed by atoms with van der Waals surface area (Å²) in [5, 5.41) is 0. The average Bonchev–Trinajstić information content (AvgIpc) is 2.65. The van der Waals surface area contributed by atoms with Gasteiger partial charge in [0.2, 0.25) is 0 Å². The normalized spacial score (nSPS) is 31.6. The number of nitrogens with zero attached hydrogens (tertiary/aromatic N) is 2. The molecule has 0 saturated carbocycles. The van der Waals surface area contributed by atoms with Crippen molar-refractivity contribution in [3.63, 3.8) is 0 Å². The van der Waals surface area contributed by atoms with Gasteiger partial charge in [0.25, 0.3) is 0 Å². The Balaban J connectivity index is 1.82. The van der Waals surface area contributed by atoms with Crippen molar-refractivity contribution in [3.8, 4) is 0 Å². The largest absolute Gasteiger partial charge is 0.301 e. The monoisotopic (exact) mass is 210 g/mol. The Labute approximate surface area is 94.6 Å². The minimum atomic E-state index is 0.738. The van der Waals surface area contributed by atoms with Gasteiger partial charge in [-0.05, 0) is 66.1 Å². The van der Waals surface area contributed by atoms with Gasteiger partial charge in [0.15, 0.2) is 0 Å². The standard InChI is InChI=1S/C13H26N2/c1-11(2)14-9-6-13(7-10-14)15-8-4-5-12(15)3/h11-13H,4-10H2,1-3H3/t12-/m0/s1. The van der Waals surface area contributed by atoms with Crippen molar-refractivity contribution in [2.75, 3.05) is 19.6 Å². The second-order valence-corrected chi connectivity index (χ2v) is 5.59. The van der Waals surface area contributed by atoms with E-state index in [2.05, 4.69) is 30.6 Å². The summed E-state index contributed by atoms with van der Waals surface area (Å²) < 4.78 is 0. The highest BCUT2D eigenvalue weighted by molar-refractivity contribution is 4.86. The van der Waals surface area contributed by atoms with E-state index < -0.39 is 0 Å². The van der Waals surface area contributed by atoms with Crippen LogP contribution < -0.4 is 0 Å². The zero-order valence-corrected chi connectivity index (χ0v) is 10.6. The lowest BCUT2D eigenvalue weighted by Crippen LogP contribution is -2.47. The number of hydrogen-bond donors (Lipinski definition) is 0. The van der Waals surface area contributed by atoms with E-state index in [1.807, 2.05) is 0 Å². The number of rotatable bonds is 2. The Morgan fingerprint density at radius 1 is 1.00 bits per heavy atom. The average molecular weight is 210 g/mol. The summed E-state index contributed by atoms with van der Waals surface area (Å²) in [6.45, 7) is 11.0. The van der Waals surface area contributed by atoms with Crippen LogP contribution in [0.15, 0.2) is 0 Å². The second kappa shape index (κ2) is 4.84. The molecule has 2 heteroatoms. The molecule has 0 bridgehead atoms. The van der Waals surface area contributed by atoms with Crippen LogP contribution in [-0.2, 0) is 0 Å². The van der Waals surface area contributed by atoms with Crippen LogP contribution in [0.3, 0.4) is 0 Å². The van der Waals surface area contributed by atoms with Crippen LogP contribution in [0, 0.1) is 0 Å². The third kappa shape index (κ3) is 2.54. The molecule has 88 valence electrons. The molecule has 0 spiro atoms. The lowest BCUT2D eigenvalue weighted by molar-refractivity contribution is 0.0885.